The predicted molar refractivity (Wildman–Crippen MR) is 111 cm³/mol. The summed E-state index contributed by atoms with van der Waals surface area (Å²) in [5, 5.41) is 6.15. The molecule has 1 amide bonds. The molecule has 0 saturated carbocycles. The monoisotopic (exact) mass is 371 g/mol. The van der Waals surface area contributed by atoms with Gasteiger partial charge in [-0.3, -0.25) is 4.79 Å². The lowest BCUT2D eigenvalue weighted by Gasteiger charge is -2.21. The van der Waals surface area contributed by atoms with E-state index < -0.39 is 0 Å². The van der Waals surface area contributed by atoms with Crippen molar-refractivity contribution < 1.29 is 14.3 Å². The molecule has 0 aliphatic heterocycles. The Kier molecular flexibility index (Phi) is 7.79. The molecular weight excluding hydrogens is 342 g/mol. The third-order valence-electron chi connectivity index (χ3n) is 4.36. The molecule has 0 fully saturated rings. The summed E-state index contributed by atoms with van der Waals surface area (Å²) in [5.74, 6) is 1.17. The summed E-state index contributed by atoms with van der Waals surface area (Å²) in [7, 11) is 3.15. The van der Waals surface area contributed by atoms with Crippen LogP contribution >= 0.6 is 0 Å². The third-order valence-corrected chi connectivity index (χ3v) is 4.36. The van der Waals surface area contributed by atoms with Crippen LogP contribution in [0.1, 0.15) is 20.3 Å². The van der Waals surface area contributed by atoms with Crippen molar-refractivity contribution in [2.75, 3.05) is 49.4 Å². The summed E-state index contributed by atoms with van der Waals surface area (Å²) in [6, 6.07) is 13.6. The zero-order valence-corrected chi connectivity index (χ0v) is 16.5. The minimum atomic E-state index is -0.0780. The number of hydrogen-bond donors (Lipinski definition) is 2. The second-order valence-electron chi connectivity index (χ2n) is 6.01. The van der Waals surface area contributed by atoms with Crippen molar-refractivity contribution >= 4 is 23.0 Å². The molecule has 2 aromatic carbocycles. The smallest absolute Gasteiger partial charge is 0.226 e. The zero-order valence-electron chi connectivity index (χ0n) is 16.5. The van der Waals surface area contributed by atoms with Crippen molar-refractivity contribution in [3.05, 3.63) is 42.5 Å². The lowest BCUT2D eigenvalue weighted by molar-refractivity contribution is -0.116. The highest BCUT2D eigenvalue weighted by atomic mass is 16.5. The van der Waals surface area contributed by atoms with Gasteiger partial charge in [0.15, 0.2) is 0 Å². The van der Waals surface area contributed by atoms with Crippen molar-refractivity contribution in [1.82, 2.24) is 0 Å². The van der Waals surface area contributed by atoms with E-state index in [-0.39, 0.29) is 5.91 Å². The number of benzene rings is 2. The van der Waals surface area contributed by atoms with E-state index >= 15 is 0 Å². The molecule has 0 spiro atoms. The van der Waals surface area contributed by atoms with Crippen molar-refractivity contribution in [1.29, 1.82) is 0 Å². The largest absolute Gasteiger partial charge is 0.497 e. The lowest BCUT2D eigenvalue weighted by Crippen LogP contribution is -2.21. The Morgan fingerprint density at radius 2 is 1.70 bits per heavy atom. The number of nitrogens with zero attached hydrogens (tertiary/aromatic N) is 1. The van der Waals surface area contributed by atoms with E-state index in [4.69, 9.17) is 9.47 Å². The van der Waals surface area contributed by atoms with Crippen LogP contribution in [0.3, 0.4) is 0 Å². The minimum Gasteiger partial charge on any atom is -0.497 e. The van der Waals surface area contributed by atoms with Crippen LogP contribution in [0.15, 0.2) is 42.5 Å². The van der Waals surface area contributed by atoms with E-state index in [1.165, 1.54) is 5.69 Å². The van der Waals surface area contributed by atoms with Gasteiger partial charge in [0.1, 0.15) is 11.5 Å². The quantitative estimate of drug-likeness (QED) is 0.661. The molecule has 146 valence electrons. The van der Waals surface area contributed by atoms with Crippen LogP contribution in [0.5, 0.6) is 11.5 Å². The van der Waals surface area contributed by atoms with E-state index in [0.717, 1.165) is 18.8 Å². The second-order valence-corrected chi connectivity index (χ2v) is 6.01. The van der Waals surface area contributed by atoms with E-state index in [0.29, 0.717) is 30.2 Å². The number of amides is 1. The maximum Gasteiger partial charge on any atom is 0.226 e. The summed E-state index contributed by atoms with van der Waals surface area (Å²) in [6.07, 6.45) is 0.354. The topological polar surface area (TPSA) is 62.8 Å². The number of hydrogen-bond acceptors (Lipinski definition) is 5. The Morgan fingerprint density at radius 3 is 2.30 bits per heavy atom. The highest BCUT2D eigenvalue weighted by Gasteiger charge is 2.09. The first-order valence-electron chi connectivity index (χ1n) is 9.22. The summed E-state index contributed by atoms with van der Waals surface area (Å²) in [5.41, 5.74) is 2.84. The van der Waals surface area contributed by atoms with Crippen LogP contribution in [0, 0.1) is 0 Å². The molecule has 0 heterocycles. The number of anilines is 3. The van der Waals surface area contributed by atoms with Crippen LogP contribution in [0.25, 0.3) is 0 Å². The van der Waals surface area contributed by atoms with Crippen molar-refractivity contribution in [3.8, 4) is 11.5 Å². The van der Waals surface area contributed by atoms with E-state index in [9.17, 15) is 4.79 Å². The minimum absolute atomic E-state index is 0.0780. The third kappa shape index (κ3) is 5.81. The van der Waals surface area contributed by atoms with Gasteiger partial charge in [0.2, 0.25) is 5.91 Å². The number of methoxy groups -OCH3 is 2. The average Bonchev–Trinajstić information content (AvgIpc) is 2.70. The predicted octanol–water partition coefficient (Wildman–Crippen LogP) is 3.99. The van der Waals surface area contributed by atoms with Crippen LogP contribution in [-0.2, 0) is 4.79 Å². The Hall–Kier alpha value is -2.89. The fourth-order valence-corrected chi connectivity index (χ4v) is 2.81. The molecule has 27 heavy (non-hydrogen) atoms. The average molecular weight is 371 g/mol. The van der Waals surface area contributed by atoms with Gasteiger partial charge in [-0.05, 0) is 50.2 Å². The van der Waals surface area contributed by atoms with Gasteiger partial charge in [-0.2, -0.15) is 0 Å². The lowest BCUT2D eigenvalue weighted by atomic mass is 10.2. The number of rotatable bonds is 10. The van der Waals surface area contributed by atoms with Gasteiger partial charge in [0, 0.05) is 43.5 Å². The summed E-state index contributed by atoms with van der Waals surface area (Å²) < 4.78 is 10.5. The summed E-state index contributed by atoms with van der Waals surface area (Å²) in [4.78, 5) is 14.5. The molecule has 0 radical (unpaired) electrons. The number of ether oxygens (including phenoxy) is 2. The van der Waals surface area contributed by atoms with Crippen LogP contribution in [-0.4, -0.2) is 39.8 Å². The van der Waals surface area contributed by atoms with Crippen LogP contribution < -0.4 is 25.0 Å². The van der Waals surface area contributed by atoms with Gasteiger partial charge in [0.05, 0.1) is 19.9 Å². The van der Waals surface area contributed by atoms with Gasteiger partial charge >= 0.3 is 0 Å². The SMILES string of the molecule is CCN(CC)c1ccc(NCCC(=O)Nc2ccc(OC)cc2OC)cc1. The first-order chi connectivity index (χ1) is 13.1. The van der Waals surface area contributed by atoms with Gasteiger partial charge in [0.25, 0.3) is 0 Å². The Labute approximate surface area is 161 Å². The van der Waals surface area contributed by atoms with Gasteiger partial charge in [-0.25, -0.2) is 0 Å². The first-order valence-corrected chi connectivity index (χ1v) is 9.22. The zero-order chi connectivity index (χ0) is 19.6. The molecular formula is C21H29N3O3. The van der Waals surface area contributed by atoms with Crippen LogP contribution in [0.4, 0.5) is 17.1 Å². The molecule has 2 aromatic rings. The molecule has 0 aliphatic rings. The van der Waals surface area contributed by atoms with Crippen molar-refractivity contribution in [2.24, 2.45) is 0 Å². The molecule has 2 N–H and O–H groups in total. The maximum atomic E-state index is 12.2. The normalized spacial score (nSPS) is 10.2. The van der Waals surface area contributed by atoms with Crippen molar-refractivity contribution in [3.63, 3.8) is 0 Å². The van der Waals surface area contributed by atoms with Gasteiger partial charge in [-0.15, -0.1) is 0 Å². The highest BCUT2D eigenvalue weighted by molar-refractivity contribution is 5.92. The van der Waals surface area contributed by atoms with Crippen molar-refractivity contribution in [2.45, 2.75) is 20.3 Å². The Bertz CT molecular complexity index is 728. The maximum absolute atomic E-state index is 12.2. The Morgan fingerprint density at radius 1 is 1.00 bits per heavy atom. The van der Waals surface area contributed by atoms with Crippen LogP contribution in [0.2, 0.25) is 0 Å². The Balaban J connectivity index is 1.84. The fourth-order valence-electron chi connectivity index (χ4n) is 2.81. The number of carbonyl (C=O) groups excluding carboxylic acids is 1. The molecule has 0 atom stereocenters. The molecule has 0 saturated heterocycles. The summed E-state index contributed by atoms with van der Waals surface area (Å²) >= 11 is 0. The van der Waals surface area contributed by atoms with Gasteiger partial charge in [-0.1, -0.05) is 0 Å². The second kappa shape index (κ2) is 10.3. The molecule has 6 heteroatoms. The van der Waals surface area contributed by atoms with E-state index in [1.54, 1.807) is 32.4 Å². The molecule has 6 nitrogen and oxygen atoms in total. The highest BCUT2D eigenvalue weighted by Crippen LogP contribution is 2.29. The standard InChI is InChI=1S/C21H29N3O3/c1-5-24(6-2)17-9-7-16(8-10-17)22-14-13-21(25)23-19-12-11-18(26-3)15-20(19)27-4/h7-12,15,22H,5-6,13-14H2,1-4H3,(H,23,25). The molecule has 0 bridgehead atoms. The van der Waals surface area contributed by atoms with E-state index in [2.05, 4.69) is 41.5 Å². The van der Waals surface area contributed by atoms with Gasteiger partial charge < -0.3 is 25.0 Å². The fraction of sp³-hybridized carbons (Fsp3) is 0.381. The molecule has 2 rings (SSSR count). The summed E-state index contributed by atoms with van der Waals surface area (Å²) in [6.45, 7) is 6.81. The molecule has 0 aromatic heterocycles. The first kappa shape index (κ1) is 20.4. The molecule has 0 aliphatic carbocycles. The number of nitrogens with one attached hydrogen (secondary N) is 2. The number of carbonyl (C=O) groups is 1. The molecule has 0 unspecified atom stereocenters. The van der Waals surface area contributed by atoms with E-state index in [1.807, 2.05) is 12.1 Å².